The molecule has 0 aliphatic rings. The summed E-state index contributed by atoms with van der Waals surface area (Å²) in [4.78, 5) is 0. The van der Waals surface area contributed by atoms with Crippen LogP contribution in [0.5, 0.6) is 0 Å². The summed E-state index contributed by atoms with van der Waals surface area (Å²) in [5, 5.41) is 0. The van der Waals surface area contributed by atoms with Crippen LogP contribution in [0, 0.1) is 5.92 Å². The molecule has 0 aromatic heterocycles. The molecule has 34 heavy (non-hydrogen) atoms. The molecule has 4 heteroatoms. The summed E-state index contributed by atoms with van der Waals surface area (Å²) in [5.74, 6) is 0.576. The van der Waals surface area contributed by atoms with Gasteiger partial charge < -0.3 is 8.85 Å². The van der Waals surface area contributed by atoms with Gasteiger partial charge in [-0.05, 0) is 52.1 Å². The molecule has 2 nitrogen and oxygen atoms in total. The molecule has 2 atom stereocenters. The van der Waals surface area contributed by atoms with Crippen molar-refractivity contribution in [1.29, 1.82) is 0 Å². The zero-order valence-corrected chi connectivity index (χ0v) is 27.1. The summed E-state index contributed by atoms with van der Waals surface area (Å²) < 4.78 is 13.3. The minimum Gasteiger partial charge on any atom is -0.417 e. The third-order valence-electron chi connectivity index (χ3n) is 6.78. The average Bonchev–Trinajstić information content (AvgIpc) is 2.74. The van der Waals surface area contributed by atoms with Crippen molar-refractivity contribution >= 4 is 16.6 Å². The first-order chi connectivity index (χ1) is 16.1. The summed E-state index contributed by atoms with van der Waals surface area (Å²) in [6, 6.07) is 0. The Labute approximate surface area is 219 Å². The van der Waals surface area contributed by atoms with Gasteiger partial charge in [0.15, 0.2) is 16.6 Å². The highest BCUT2D eigenvalue weighted by Crippen LogP contribution is 2.27. The monoisotopic (exact) mass is 514 g/mol. The second-order valence-corrected chi connectivity index (χ2v) is 21.8. The maximum Gasteiger partial charge on any atom is 0.184 e. The third kappa shape index (κ3) is 24.1. The molecule has 0 aliphatic heterocycles. The van der Waals surface area contributed by atoms with E-state index in [-0.39, 0.29) is 0 Å². The zero-order chi connectivity index (χ0) is 25.7. The lowest BCUT2D eigenvalue weighted by Gasteiger charge is -2.34. The van der Waals surface area contributed by atoms with Gasteiger partial charge in [0.25, 0.3) is 0 Å². The Kier molecular flexibility index (Phi) is 21.7. The van der Waals surface area contributed by atoms with E-state index in [4.69, 9.17) is 8.85 Å². The summed E-state index contributed by atoms with van der Waals surface area (Å²) in [5.41, 5.74) is 0. The molecule has 0 amide bonds. The molecule has 0 saturated carbocycles. The standard InChI is InChI=1S/C30H66O2Si2/c1-9-11-13-15-17-19-21-23-25-27-30(32-34(6,7)8)29(28-31-33(3,4)5)26-24-22-20-18-16-14-12-10-2/h29-30H,9-28H2,1-8H3. The van der Waals surface area contributed by atoms with Crippen molar-refractivity contribution in [2.24, 2.45) is 5.92 Å². The van der Waals surface area contributed by atoms with E-state index >= 15 is 0 Å². The lowest BCUT2D eigenvalue weighted by molar-refractivity contribution is 0.0713. The van der Waals surface area contributed by atoms with Crippen molar-refractivity contribution < 1.29 is 8.85 Å². The minimum absolute atomic E-state index is 0.400. The summed E-state index contributed by atoms with van der Waals surface area (Å²) in [6.45, 7) is 19.6. The van der Waals surface area contributed by atoms with Gasteiger partial charge in [-0.3, -0.25) is 0 Å². The Morgan fingerprint density at radius 2 is 0.853 bits per heavy atom. The second kappa shape index (κ2) is 21.4. The topological polar surface area (TPSA) is 18.5 Å². The van der Waals surface area contributed by atoms with Gasteiger partial charge in [0.1, 0.15) is 0 Å². The molecule has 2 unspecified atom stereocenters. The molecule has 0 radical (unpaired) electrons. The zero-order valence-electron chi connectivity index (χ0n) is 25.1. The first-order valence-corrected chi connectivity index (χ1v) is 22.2. The highest BCUT2D eigenvalue weighted by atomic mass is 28.4. The molecule has 0 fully saturated rings. The molecule has 206 valence electrons. The second-order valence-electron chi connectivity index (χ2n) is 12.8. The van der Waals surface area contributed by atoms with Crippen molar-refractivity contribution in [3.8, 4) is 0 Å². The highest BCUT2D eigenvalue weighted by Gasteiger charge is 2.29. The fourth-order valence-electron chi connectivity index (χ4n) is 4.78. The summed E-state index contributed by atoms with van der Waals surface area (Å²) >= 11 is 0. The van der Waals surface area contributed by atoms with Gasteiger partial charge in [0, 0.05) is 18.6 Å². The van der Waals surface area contributed by atoms with Crippen molar-refractivity contribution in [2.75, 3.05) is 6.61 Å². The van der Waals surface area contributed by atoms with Gasteiger partial charge in [0.2, 0.25) is 0 Å². The minimum atomic E-state index is -1.57. The highest BCUT2D eigenvalue weighted by molar-refractivity contribution is 6.70. The van der Waals surface area contributed by atoms with Crippen LogP contribution in [0.4, 0.5) is 0 Å². The number of hydrogen-bond acceptors (Lipinski definition) is 2. The van der Waals surface area contributed by atoms with Crippen LogP contribution in [-0.4, -0.2) is 29.3 Å². The van der Waals surface area contributed by atoms with Crippen molar-refractivity contribution in [3.05, 3.63) is 0 Å². The van der Waals surface area contributed by atoms with E-state index in [1.807, 2.05) is 0 Å². The fourth-order valence-corrected chi connectivity index (χ4v) is 6.71. The lowest BCUT2D eigenvalue weighted by atomic mass is 9.92. The Morgan fingerprint density at radius 3 is 1.24 bits per heavy atom. The Hall–Kier alpha value is 0.354. The van der Waals surface area contributed by atoms with E-state index in [0.717, 1.165) is 6.61 Å². The van der Waals surface area contributed by atoms with E-state index in [1.165, 1.54) is 122 Å². The molecule has 0 aliphatic carbocycles. The van der Waals surface area contributed by atoms with Gasteiger partial charge in [-0.2, -0.15) is 0 Å². The van der Waals surface area contributed by atoms with E-state index in [9.17, 15) is 0 Å². The van der Waals surface area contributed by atoms with Crippen LogP contribution in [0.1, 0.15) is 136 Å². The number of unbranched alkanes of at least 4 members (excludes halogenated alkanes) is 15. The van der Waals surface area contributed by atoms with Crippen LogP contribution in [0.2, 0.25) is 39.3 Å². The van der Waals surface area contributed by atoms with Gasteiger partial charge in [0.05, 0.1) is 0 Å². The van der Waals surface area contributed by atoms with Crippen molar-refractivity contribution in [1.82, 2.24) is 0 Å². The Bertz CT molecular complexity index is 429. The molecule has 0 N–H and O–H groups in total. The molecule has 0 aromatic rings. The summed E-state index contributed by atoms with van der Waals surface area (Å²) in [6.07, 6.45) is 26.6. The summed E-state index contributed by atoms with van der Waals surface area (Å²) in [7, 11) is -3.07. The molecule has 0 heterocycles. The maximum atomic E-state index is 6.83. The van der Waals surface area contributed by atoms with E-state index in [1.54, 1.807) is 0 Å². The van der Waals surface area contributed by atoms with Crippen LogP contribution in [0.3, 0.4) is 0 Å². The van der Waals surface area contributed by atoms with Crippen LogP contribution in [0.15, 0.2) is 0 Å². The maximum absolute atomic E-state index is 6.83. The Balaban J connectivity index is 4.61. The van der Waals surface area contributed by atoms with E-state index < -0.39 is 16.6 Å². The number of hydrogen-bond donors (Lipinski definition) is 0. The predicted molar refractivity (Wildman–Crippen MR) is 160 cm³/mol. The van der Waals surface area contributed by atoms with Gasteiger partial charge >= 0.3 is 0 Å². The van der Waals surface area contributed by atoms with Crippen LogP contribution in [0.25, 0.3) is 0 Å². The van der Waals surface area contributed by atoms with Gasteiger partial charge in [-0.1, -0.05) is 123 Å². The lowest BCUT2D eigenvalue weighted by Crippen LogP contribution is -2.40. The molecular weight excluding hydrogens is 449 g/mol. The van der Waals surface area contributed by atoms with Gasteiger partial charge in [-0.25, -0.2) is 0 Å². The number of rotatable bonds is 25. The largest absolute Gasteiger partial charge is 0.417 e. The Morgan fingerprint density at radius 1 is 0.471 bits per heavy atom. The first kappa shape index (κ1) is 34.4. The van der Waals surface area contributed by atoms with Crippen LogP contribution >= 0.6 is 0 Å². The fraction of sp³-hybridized carbons (Fsp3) is 1.00. The SMILES string of the molecule is CCCCCCCCCCCC(O[Si](C)(C)C)C(CCCCCCCCCC)CO[Si](C)(C)C. The molecule has 0 saturated heterocycles. The molecule has 0 spiro atoms. The van der Waals surface area contributed by atoms with Crippen LogP contribution in [-0.2, 0) is 8.85 Å². The van der Waals surface area contributed by atoms with Gasteiger partial charge in [-0.15, -0.1) is 0 Å². The van der Waals surface area contributed by atoms with Crippen LogP contribution < -0.4 is 0 Å². The molecule has 0 rings (SSSR count). The van der Waals surface area contributed by atoms with Crippen molar-refractivity contribution in [2.45, 2.75) is 181 Å². The average molecular weight is 515 g/mol. The molecular formula is C30H66O2Si2. The molecule has 0 aromatic carbocycles. The van der Waals surface area contributed by atoms with E-state index in [0.29, 0.717) is 12.0 Å². The van der Waals surface area contributed by atoms with Crippen molar-refractivity contribution in [3.63, 3.8) is 0 Å². The quantitative estimate of drug-likeness (QED) is 0.0890. The smallest absolute Gasteiger partial charge is 0.184 e. The molecule has 0 bridgehead atoms. The van der Waals surface area contributed by atoms with E-state index in [2.05, 4.69) is 53.1 Å². The normalized spacial score (nSPS) is 14.5. The first-order valence-electron chi connectivity index (χ1n) is 15.4. The third-order valence-corrected chi connectivity index (χ3v) is 8.82. The predicted octanol–water partition coefficient (Wildman–Crippen LogP) is 11.1.